The van der Waals surface area contributed by atoms with Crippen molar-refractivity contribution >= 4 is 17.4 Å². The van der Waals surface area contributed by atoms with Crippen LogP contribution < -0.4 is 20.3 Å². The average molecular weight is 433 g/mol. The molecule has 0 aromatic heterocycles. The molecule has 0 spiro atoms. The summed E-state index contributed by atoms with van der Waals surface area (Å²) in [6, 6.07) is 17.0. The van der Waals surface area contributed by atoms with Crippen molar-refractivity contribution in [3.63, 3.8) is 0 Å². The summed E-state index contributed by atoms with van der Waals surface area (Å²) in [7, 11) is 0. The molecule has 2 amide bonds. The first-order valence-corrected chi connectivity index (χ1v) is 11.7. The van der Waals surface area contributed by atoms with E-state index < -0.39 is 5.54 Å². The Hall–Kier alpha value is -3.20. The van der Waals surface area contributed by atoms with Crippen molar-refractivity contribution in [3.8, 4) is 11.8 Å². The van der Waals surface area contributed by atoms with Gasteiger partial charge < -0.3 is 20.3 Å². The third-order valence-corrected chi connectivity index (χ3v) is 6.65. The Morgan fingerprint density at radius 1 is 1.19 bits per heavy atom. The fraction of sp³-hybridized carbons (Fsp3) is 0.462. The Kier molecular flexibility index (Phi) is 6.55. The molecule has 6 nitrogen and oxygen atoms in total. The summed E-state index contributed by atoms with van der Waals surface area (Å²) >= 11 is 0. The molecule has 4 rings (SSSR count). The van der Waals surface area contributed by atoms with Gasteiger partial charge in [-0.2, -0.15) is 5.26 Å². The van der Waals surface area contributed by atoms with Crippen LogP contribution in [0.5, 0.6) is 5.75 Å². The number of hydrogen-bond acceptors (Lipinski definition) is 4. The molecule has 2 aromatic carbocycles. The predicted octanol–water partition coefficient (Wildman–Crippen LogP) is 5.34. The lowest BCUT2D eigenvalue weighted by Crippen LogP contribution is -2.49. The molecule has 1 aliphatic carbocycles. The molecule has 2 N–H and O–H groups in total. The summed E-state index contributed by atoms with van der Waals surface area (Å²) in [6.07, 6.45) is 5.93. The standard InChI is InChI=1S/C26H32N4O2/c1-3-28-25(31)29-21-12-10-20(11-13-21)26(15-16-27)18-19-9-14-23(32-4-2)17-24(19)30(26)22-7-5-6-8-22/h9-14,17,22H,3-8,15,18H2,1-2H3,(H2,28,29,31). The highest BCUT2D eigenvalue weighted by atomic mass is 16.5. The molecule has 0 bridgehead atoms. The van der Waals surface area contributed by atoms with Crippen molar-refractivity contribution in [1.82, 2.24) is 5.32 Å². The van der Waals surface area contributed by atoms with Gasteiger partial charge in [0.1, 0.15) is 5.75 Å². The number of urea groups is 1. The van der Waals surface area contributed by atoms with Crippen molar-refractivity contribution in [2.45, 2.75) is 64.0 Å². The molecule has 1 fully saturated rings. The van der Waals surface area contributed by atoms with Crippen LogP contribution in [-0.2, 0) is 12.0 Å². The van der Waals surface area contributed by atoms with E-state index in [2.05, 4.69) is 45.9 Å². The maximum Gasteiger partial charge on any atom is 0.319 e. The number of carbonyl (C=O) groups excluding carboxylic acids is 1. The molecule has 6 heteroatoms. The number of nitrogens with one attached hydrogen (secondary N) is 2. The summed E-state index contributed by atoms with van der Waals surface area (Å²) in [5.41, 5.74) is 3.90. The van der Waals surface area contributed by atoms with Gasteiger partial charge in [-0.15, -0.1) is 0 Å². The van der Waals surface area contributed by atoms with Crippen molar-refractivity contribution in [3.05, 3.63) is 53.6 Å². The maximum absolute atomic E-state index is 11.9. The lowest BCUT2D eigenvalue weighted by molar-refractivity contribution is 0.252. The van der Waals surface area contributed by atoms with Crippen LogP contribution in [0.15, 0.2) is 42.5 Å². The SMILES string of the molecule is CCNC(=O)Nc1ccc(C2(CC#N)Cc3ccc(OCC)cc3N2C2CCCC2)cc1. The van der Waals surface area contributed by atoms with Crippen molar-refractivity contribution < 1.29 is 9.53 Å². The molecule has 1 heterocycles. The van der Waals surface area contributed by atoms with Crippen LogP contribution in [0.25, 0.3) is 0 Å². The topological polar surface area (TPSA) is 77.4 Å². The van der Waals surface area contributed by atoms with Crippen LogP contribution >= 0.6 is 0 Å². The molecule has 2 aromatic rings. The molecular formula is C26H32N4O2. The lowest BCUT2D eigenvalue weighted by atomic mass is 9.82. The Labute approximate surface area is 190 Å². The zero-order chi connectivity index (χ0) is 22.6. The number of amides is 2. The minimum atomic E-state index is -0.416. The smallest absolute Gasteiger partial charge is 0.319 e. The first-order chi connectivity index (χ1) is 15.6. The number of carbonyl (C=O) groups is 1. The highest BCUT2D eigenvalue weighted by molar-refractivity contribution is 5.89. The summed E-state index contributed by atoms with van der Waals surface area (Å²) in [5, 5.41) is 15.5. The van der Waals surface area contributed by atoms with Crippen LogP contribution in [-0.4, -0.2) is 25.2 Å². The van der Waals surface area contributed by atoms with Gasteiger partial charge in [0, 0.05) is 36.4 Å². The van der Waals surface area contributed by atoms with Gasteiger partial charge in [-0.25, -0.2) is 4.79 Å². The molecule has 32 heavy (non-hydrogen) atoms. The normalized spacial score (nSPS) is 20.0. The molecule has 0 saturated heterocycles. The van der Waals surface area contributed by atoms with Crippen molar-refractivity contribution in [2.75, 3.05) is 23.4 Å². The summed E-state index contributed by atoms with van der Waals surface area (Å²) in [6.45, 7) is 5.10. The van der Waals surface area contributed by atoms with Crippen LogP contribution in [0.3, 0.4) is 0 Å². The molecular weight excluding hydrogens is 400 g/mol. The second-order valence-corrected chi connectivity index (χ2v) is 8.64. The number of fused-ring (bicyclic) bond motifs is 1. The van der Waals surface area contributed by atoms with Crippen molar-refractivity contribution in [1.29, 1.82) is 5.26 Å². The zero-order valence-electron chi connectivity index (χ0n) is 19.0. The van der Waals surface area contributed by atoms with E-state index in [0.29, 0.717) is 25.6 Å². The summed E-state index contributed by atoms with van der Waals surface area (Å²) < 4.78 is 5.81. The van der Waals surface area contributed by atoms with E-state index in [-0.39, 0.29) is 6.03 Å². The van der Waals surface area contributed by atoms with E-state index in [1.165, 1.54) is 24.1 Å². The Bertz CT molecular complexity index is 992. The maximum atomic E-state index is 11.9. The van der Waals surface area contributed by atoms with Gasteiger partial charge in [0.15, 0.2) is 0 Å². The van der Waals surface area contributed by atoms with E-state index in [9.17, 15) is 10.1 Å². The molecule has 168 valence electrons. The second kappa shape index (κ2) is 9.52. The van der Waals surface area contributed by atoms with E-state index in [1.54, 1.807) is 0 Å². The minimum absolute atomic E-state index is 0.212. The van der Waals surface area contributed by atoms with Gasteiger partial charge >= 0.3 is 6.03 Å². The number of nitriles is 1. The largest absolute Gasteiger partial charge is 0.494 e. The van der Waals surface area contributed by atoms with E-state index in [0.717, 1.165) is 36.3 Å². The number of benzene rings is 2. The number of nitrogens with zero attached hydrogens (tertiary/aromatic N) is 2. The quantitative estimate of drug-likeness (QED) is 0.619. The summed E-state index contributed by atoms with van der Waals surface area (Å²) in [5.74, 6) is 0.878. The minimum Gasteiger partial charge on any atom is -0.494 e. The Balaban J connectivity index is 1.73. The van der Waals surface area contributed by atoms with Gasteiger partial charge in [0.2, 0.25) is 0 Å². The number of hydrogen-bond donors (Lipinski definition) is 2. The fourth-order valence-corrected chi connectivity index (χ4v) is 5.33. The average Bonchev–Trinajstić information content (AvgIpc) is 3.41. The molecule has 0 radical (unpaired) electrons. The first-order valence-electron chi connectivity index (χ1n) is 11.7. The van der Waals surface area contributed by atoms with Gasteiger partial charge in [-0.1, -0.05) is 31.0 Å². The van der Waals surface area contributed by atoms with E-state index >= 15 is 0 Å². The Morgan fingerprint density at radius 2 is 1.94 bits per heavy atom. The lowest BCUT2D eigenvalue weighted by Gasteiger charge is -2.43. The second-order valence-electron chi connectivity index (χ2n) is 8.64. The molecule has 1 saturated carbocycles. The molecule has 2 aliphatic rings. The van der Waals surface area contributed by atoms with Crippen LogP contribution in [0.1, 0.15) is 57.1 Å². The van der Waals surface area contributed by atoms with Crippen molar-refractivity contribution in [2.24, 2.45) is 0 Å². The number of ether oxygens (including phenoxy) is 1. The third-order valence-electron chi connectivity index (χ3n) is 6.65. The van der Waals surface area contributed by atoms with E-state index in [4.69, 9.17) is 4.74 Å². The monoisotopic (exact) mass is 432 g/mol. The number of anilines is 2. The predicted molar refractivity (Wildman–Crippen MR) is 127 cm³/mol. The number of rotatable bonds is 7. The summed E-state index contributed by atoms with van der Waals surface area (Å²) in [4.78, 5) is 14.4. The van der Waals surface area contributed by atoms with Crippen LogP contribution in [0.2, 0.25) is 0 Å². The Morgan fingerprint density at radius 3 is 2.59 bits per heavy atom. The third kappa shape index (κ3) is 4.12. The van der Waals surface area contributed by atoms with Gasteiger partial charge in [-0.05, 0) is 56.0 Å². The molecule has 1 unspecified atom stereocenters. The fourth-order valence-electron chi connectivity index (χ4n) is 5.33. The molecule has 1 atom stereocenters. The van der Waals surface area contributed by atoms with Crippen LogP contribution in [0, 0.1) is 11.3 Å². The van der Waals surface area contributed by atoms with Gasteiger partial charge in [-0.3, -0.25) is 0 Å². The first kappa shape index (κ1) is 22.0. The van der Waals surface area contributed by atoms with Gasteiger partial charge in [0.25, 0.3) is 0 Å². The highest BCUT2D eigenvalue weighted by Gasteiger charge is 2.48. The van der Waals surface area contributed by atoms with Crippen LogP contribution in [0.4, 0.5) is 16.2 Å². The molecule has 1 aliphatic heterocycles. The van der Waals surface area contributed by atoms with Gasteiger partial charge in [0.05, 0.1) is 24.6 Å². The van der Waals surface area contributed by atoms with E-state index in [1.807, 2.05) is 32.0 Å². The highest BCUT2D eigenvalue weighted by Crippen LogP contribution is 2.51. The zero-order valence-corrected chi connectivity index (χ0v) is 19.0.